The highest BCUT2D eigenvalue weighted by atomic mass is 16.5. The maximum atomic E-state index is 12.3. The molecule has 3 rings (SSSR count). The van der Waals surface area contributed by atoms with Gasteiger partial charge in [0.2, 0.25) is 0 Å². The summed E-state index contributed by atoms with van der Waals surface area (Å²) in [5.74, 6) is 0.286. The predicted molar refractivity (Wildman–Crippen MR) is 84.0 cm³/mol. The lowest BCUT2D eigenvalue weighted by Crippen LogP contribution is -2.39. The van der Waals surface area contributed by atoms with Crippen molar-refractivity contribution in [1.29, 1.82) is 0 Å². The summed E-state index contributed by atoms with van der Waals surface area (Å²) in [6.07, 6.45) is 1.45. The summed E-state index contributed by atoms with van der Waals surface area (Å²) < 4.78 is 5.20. The minimum Gasteiger partial charge on any atom is -0.496 e. The molecule has 1 aliphatic carbocycles. The third-order valence-corrected chi connectivity index (χ3v) is 4.22. The summed E-state index contributed by atoms with van der Waals surface area (Å²) in [5, 5.41) is 13.6. The van der Waals surface area contributed by atoms with Gasteiger partial charge < -0.3 is 15.2 Å². The molecule has 0 bridgehead atoms. The Hall–Kier alpha value is -2.33. The fourth-order valence-electron chi connectivity index (χ4n) is 3.01. The molecule has 2 aromatic rings. The normalized spacial score (nSPS) is 19.5. The van der Waals surface area contributed by atoms with Gasteiger partial charge in [-0.3, -0.25) is 4.79 Å². The monoisotopic (exact) mass is 297 g/mol. The van der Waals surface area contributed by atoms with Gasteiger partial charge in [-0.05, 0) is 36.1 Å². The zero-order valence-corrected chi connectivity index (χ0v) is 12.5. The number of aliphatic hydroxyl groups is 1. The first-order valence-electron chi connectivity index (χ1n) is 7.36. The van der Waals surface area contributed by atoms with Crippen LogP contribution in [0, 0.1) is 0 Å². The van der Waals surface area contributed by atoms with Gasteiger partial charge in [0.25, 0.3) is 5.91 Å². The molecule has 0 aromatic heterocycles. The molecule has 1 unspecified atom stereocenters. The number of methoxy groups -OCH3 is 1. The largest absolute Gasteiger partial charge is 0.496 e. The molecule has 1 atom stereocenters. The van der Waals surface area contributed by atoms with E-state index in [1.54, 1.807) is 18.2 Å². The molecule has 0 aliphatic heterocycles. The Labute approximate surface area is 129 Å². The van der Waals surface area contributed by atoms with Crippen LogP contribution in [0.15, 0.2) is 48.5 Å². The van der Waals surface area contributed by atoms with E-state index in [1.807, 2.05) is 30.3 Å². The van der Waals surface area contributed by atoms with Crippen molar-refractivity contribution in [2.75, 3.05) is 13.7 Å². The summed E-state index contributed by atoms with van der Waals surface area (Å²) in [7, 11) is 1.53. The van der Waals surface area contributed by atoms with E-state index in [0.717, 1.165) is 17.5 Å². The van der Waals surface area contributed by atoms with Gasteiger partial charge in [-0.15, -0.1) is 0 Å². The maximum Gasteiger partial charge on any atom is 0.255 e. The van der Waals surface area contributed by atoms with E-state index in [1.165, 1.54) is 7.11 Å². The minimum absolute atomic E-state index is 0.195. The average molecular weight is 297 g/mol. The second-order valence-electron chi connectivity index (χ2n) is 5.57. The smallest absolute Gasteiger partial charge is 0.255 e. The van der Waals surface area contributed by atoms with Crippen LogP contribution in [0.1, 0.15) is 27.9 Å². The number of aryl methyl sites for hydroxylation is 1. The Morgan fingerprint density at radius 2 is 1.95 bits per heavy atom. The van der Waals surface area contributed by atoms with E-state index in [-0.39, 0.29) is 12.5 Å². The Morgan fingerprint density at radius 1 is 1.23 bits per heavy atom. The SMILES string of the molecule is COc1ccccc1C(=O)NCC1(O)CCc2ccccc21. The van der Waals surface area contributed by atoms with Crippen LogP contribution < -0.4 is 10.1 Å². The molecule has 0 saturated heterocycles. The first-order valence-corrected chi connectivity index (χ1v) is 7.36. The number of ether oxygens (including phenoxy) is 1. The van der Waals surface area contributed by atoms with Crippen molar-refractivity contribution in [3.05, 3.63) is 65.2 Å². The number of hydrogen-bond acceptors (Lipinski definition) is 3. The molecule has 114 valence electrons. The summed E-state index contributed by atoms with van der Waals surface area (Å²) >= 11 is 0. The van der Waals surface area contributed by atoms with Crippen molar-refractivity contribution >= 4 is 5.91 Å². The van der Waals surface area contributed by atoms with Crippen LogP contribution in [0.4, 0.5) is 0 Å². The van der Waals surface area contributed by atoms with E-state index in [4.69, 9.17) is 4.74 Å². The van der Waals surface area contributed by atoms with Crippen molar-refractivity contribution < 1.29 is 14.6 Å². The van der Waals surface area contributed by atoms with Gasteiger partial charge >= 0.3 is 0 Å². The molecule has 0 radical (unpaired) electrons. The van der Waals surface area contributed by atoms with Crippen molar-refractivity contribution in [1.82, 2.24) is 5.32 Å². The molecule has 2 N–H and O–H groups in total. The van der Waals surface area contributed by atoms with Gasteiger partial charge in [0, 0.05) is 0 Å². The Balaban J connectivity index is 1.74. The van der Waals surface area contributed by atoms with Crippen molar-refractivity contribution in [2.24, 2.45) is 0 Å². The van der Waals surface area contributed by atoms with Gasteiger partial charge in [-0.1, -0.05) is 36.4 Å². The molecule has 22 heavy (non-hydrogen) atoms. The van der Waals surface area contributed by atoms with Crippen LogP contribution in [0.3, 0.4) is 0 Å². The van der Waals surface area contributed by atoms with Crippen LogP contribution in [-0.2, 0) is 12.0 Å². The Morgan fingerprint density at radius 3 is 2.77 bits per heavy atom. The lowest BCUT2D eigenvalue weighted by atomic mass is 9.96. The number of amides is 1. The summed E-state index contributed by atoms with van der Waals surface area (Å²) in [6, 6.07) is 14.9. The fourth-order valence-corrected chi connectivity index (χ4v) is 3.01. The number of hydrogen-bond donors (Lipinski definition) is 2. The Kier molecular flexibility index (Phi) is 3.86. The summed E-state index contributed by atoms with van der Waals surface area (Å²) in [5.41, 5.74) is 1.54. The quantitative estimate of drug-likeness (QED) is 0.910. The first kappa shape index (κ1) is 14.6. The molecule has 1 aliphatic rings. The number of para-hydroxylation sites is 1. The van der Waals surface area contributed by atoms with Crippen molar-refractivity contribution in [3.63, 3.8) is 0 Å². The maximum absolute atomic E-state index is 12.3. The fraction of sp³-hybridized carbons (Fsp3) is 0.278. The summed E-state index contributed by atoms with van der Waals surface area (Å²) in [4.78, 5) is 12.3. The van der Waals surface area contributed by atoms with Gasteiger partial charge in [-0.25, -0.2) is 0 Å². The number of nitrogens with one attached hydrogen (secondary N) is 1. The van der Waals surface area contributed by atoms with E-state index in [0.29, 0.717) is 17.7 Å². The molecule has 0 saturated carbocycles. The van der Waals surface area contributed by atoms with Crippen LogP contribution in [-0.4, -0.2) is 24.7 Å². The molecule has 4 nitrogen and oxygen atoms in total. The van der Waals surface area contributed by atoms with Gasteiger partial charge in [-0.2, -0.15) is 0 Å². The molecule has 0 spiro atoms. The highest BCUT2D eigenvalue weighted by Gasteiger charge is 2.36. The summed E-state index contributed by atoms with van der Waals surface area (Å²) in [6.45, 7) is 0.195. The molecular formula is C18H19NO3. The van der Waals surface area contributed by atoms with Crippen molar-refractivity contribution in [2.45, 2.75) is 18.4 Å². The number of carbonyl (C=O) groups excluding carboxylic acids is 1. The standard InChI is InChI=1S/C18H19NO3/c1-22-16-9-5-3-7-14(16)17(20)19-12-18(21)11-10-13-6-2-4-8-15(13)18/h2-9,21H,10-12H2,1H3,(H,19,20). The molecule has 1 amide bonds. The topological polar surface area (TPSA) is 58.6 Å². The van der Waals surface area contributed by atoms with Crippen LogP contribution in [0.5, 0.6) is 5.75 Å². The number of fused-ring (bicyclic) bond motifs is 1. The number of benzene rings is 2. The molecule has 4 heteroatoms. The van der Waals surface area contributed by atoms with Crippen LogP contribution in [0.2, 0.25) is 0 Å². The highest BCUT2D eigenvalue weighted by Crippen LogP contribution is 2.36. The highest BCUT2D eigenvalue weighted by molar-refractivity contribution is 5.96. The molecule has 0 heterocycles. The van der Waals surface area contributed by atoms with Gasteiger partial charge in [0.15, 0.2) is 0 Å². The van der Waals surface area contributed by atoms with E-state index < -0.39 is 5.60 Å². The minimum atomic E-state index is -0.992. The second-order valence-corrected chi connectivity index (χ2v) is 5.57. The number of rotatable bonds is 4. The van der Waals surface area contributed by atoms with Crippen LogP contribution in [0.25, 0.3) is 0 Å². The number of carbonyl (C=O) groups is 1. The average Bonchev–Trinajstić information content (AvgIpc) is 2.91. The lowest BCUT2D eigenvalue weighted by Gasteiger charge is -2.24. The zero-order chi connectivity index (χ0) is 15.6. The van der Waals surface area contributed by atoms with Crippen molar-refractivity contribution in [3.8, 4) is 5.75 Å². The van der Waals surface area contributed by atoms with Crippen LogP contribution >= 0.6 is 0 Å². The Bertz CT molecular complexity index is 698. The second kappa shape index (κ2) is 5.81. The van der Waals surface area contributed by atoms with E-state index in [2.05, 4.69) is 5.32 Å². The third kappa shape index (κ3) is 2.57. The zero-order valence-electron chi connectivity index (χ0n) is 12.5. The van der Waals surface area contributed by atoms with E-state index in [9.17, 15) is 9.90 Å². The third-order valence-electron chi connectivity index (χ3n) is 4.22. The molecule has 0 fully saturated rings. The van der Waals surface area contributed by atoms with Gasteiger partial charge in [0.1, 0.15) is 11.4 Å². The molecular weight excluding hydrogens is 278 g/mol. The lowest BCUT2D eigenvalue weighted by molar-refractivity contribution is 0.0369. The first-order chi connectivity index (χ1) is 10.6. The van der Waals surface area contributed by atoms with E-state index >= 15 is 0 Å². The molecule has 2 aromatic carbocycles. The predicted octanol–water partition coefficient (Wildman–Crippen LogP) is 2.26. The van der Waals surface area contributed by atoms with Gasteiger partial charge in [0.05, 0.1) is 19.2 Å².